The number of rotatable bonds is 3. The molecule has 0 unspecified atom stereocenters. The molecule has 0 heterocycles. The van der Waals surface area contributed by atoms with E-state index in [9.17, 15) is 9.59 Å². The third kappa shape index (κ3) is 2.81. The predicted octanol–water partition coefficient (Wildman–Crippen LogP) is 4.00. The van der Waals surface area contributed by atoms with Gasteiger partial charge in [0.05, 0.1) is 0 Å². The second kappa shape index (κ2) is 5.86. The van der Waals surface area contributed by atoms with Gasteiger partial charge in [-0.2, -0.15) is 0 Å². The number of ketones is 1. The van der Waals surface area contributed by atoms with E-state index >= 15 is 0 Å². The molecule has 22 heavy (non-hydrogen) atoms. The van der Waals surface area contributed by atoms with E-state index in [1.54, 1.807) is 6.92 Å². The predicted molar refractivity (Wildman–Crippen MR) is 87.2 cm³/mol. The number of hydrogen-bond acceptors (Lipinski definition) is 3. The fraction of sp³-hybridized carbons (Fsp3) is 0.579. The molecule has 2 aliphatic carbocycles. The van der Waals surface area contributed by atoms with Crippen molar-refractivity contribution in [3.8, 4) is 0 Å². The Balaban J connectivity index is 2.27. The summed E-state index contributed by atoms with van der Waals surface area (Å²) in [5, 5.41) is 0. The summed E-state index contributed by atoms with van der Waals surface area (Å²) >= 11 is 0. The van der Waals surface area contributed by atoms with Gasteiger partial charge in [0.1, 0.15) is 6.10 Å². The van der Waals surface area contributed by atoms with Crippen LogP contribution in [0.4, 0.5) is 0 Å². The molecule has 0 saturated heterocycles. The molecule has 120 valence electrons. The van der Waals surface area contributed by atoms with E-state index in [2.05, 4.69) is 27.0 Å². The van der Waals surface area contributed by atoms with Gasteiger partial charge in [-0.25, -0.2) is 4.79 Å². The third-order valence-electron chi connectivity index (χ3n) is 5.48. The van der Waals surface area contributed by atoms with Gasteiger partial charge in [-0.1, -0.05) is 38.2 Å². The van der Waals surface area contributed by atoms with Crippen molar-refractivity contribution in [2.75, 3.05) is 0 Å². The van der Waals surface area contributed by atoms with Gasteiger partial charge in [-0.3, -0.25) is 4.79 Å². The van der Waals surface area contributed by atoms with Gasteiger partial charge in [-0.15, -0.1) is 0 Å². The first-order valence-electron chi connectivity index (χ1n) is 7.93. The minimum absolute atomic E-state index is 0.115. The van der Waals surface area contributed by atoms with Crippen molar-refractivity contribution in [3.05, 3.63) is 36.0 Å². The molecule has 0 N–H and O–H groups in total. The van der Waals surface area contributed by atoms with Crippen molar-refractivity contribution < 1.29 is 14.3 Å². The first-order valence-corrected chi connectivity index (χ1v) is 7.93. The van der Waals surface area contributed by atoms with Crippen LogP contribution in [0.3, 0.4) is 0 Å². The Kier molecular flexibility index (Phi) is 4.46. The highest BCUT2D eigenvalue weighted by atomic mass is 16.5. The van der Waals surface area contributed by atoms with E-state index < -0.39 is 0 Å². The molecule has 0 bridgehead atoms. The Bertz CT molecular complexity index is 569. The van der Waals surface area contributed by atoms with Crippen LogP contribution >= 0.6 is 0 Å². The highest BCUT2D eigenvalue weighted by Crippen LogP contribution is 2.53. The lowest BCUT2D eigenvalue weighted by atomic mass is 9.57. The molecule has 0 aliphatic heterocycles. The normalized spacial score (nSPS) is 34.5. The topological polar surface area (TPSA) is 43.4 Å². The first-order chi connectivity index (χ1) is 10.2. The van der Waals surface area contributed by atoms with Crippen molar-refractivity contribution in [1.82, 2.24) is 0 Å². The zero-order chi connectivity index (χ0) is 16.7. The van der Waals surface area contributed by atoms with Gasteiger partial charge in [0.15, 0.2) is 5.78 Å². The zero-order valence-electron chi connectivity index (χ0n) is 14.1. The Labute approximate surface area is 133 Å². The summed E-state index contributed by atoms with van der Waals surface area (Å²) < 4.78 is 5.63. The summed E-state index contributed by atoms with van der Waals surface area (Å²) in [6.07, 6.45) is 4.03. The van der Waals surface area contributed by atoms with Crippen LogP contribution in [0.2, 0.25) is 0 Å². The molecule has 0 aromatic rings. The molecule has 1 fully saturated rings. The number of allylic oxidation sites excluding steroid dienone is 3. The lowest BCUT2D eigenvalue weighted by Crippen LogP contribution is -2.46. The van der Waals surface area contributed by atoms with E-state index in [1.165, 1.54) is 5.57 Å². The number of esters is 1. The van der Waals surface area contributed by atoms with Crippen LogP contribution in [0.1, 0.15) is 47.0 Å². The maximum atomic E-state index is 12.3. The second-order valence-electron chi connectivity index (χ2n) is 7.14. The van der Waals surface area contributed by atoms with Gasteiger partial charge in [0.2, 0.25) is 0 Å². The fourth-order valence-corrected chi connectivity index (χ4v) is 3.70. The molecular weight excluding hydrogens is 276 g/mol. The molecule has 1 saturated carbocycles. The number of fused-ring (bicyclic) bond motifs is 1. The molecule has 0 spiro atoms. The Morgan fingerprint density at radius 2 is 2.00 bits per heavy atom. The molecule has 0 amide bonds. The van der Waals surface area contributed by atoms with Gasteiger partial charge in [0, 0.05) is 17.4 Å². The molecule has 3 heteroatoms. The van der Waals surface area contributed by atoms with Gasteiger partial charge in [-0.05, 0) is 44.6 Å². The van der Waals surface area contributed by atoms with E-state index in [0.29, 0.717) is 5.57 Å². The zero-order valence-corrected chi connectivity index (χ0v) is 14.1. The number of carbonyl (C=O) groups is 2. The smallest absolute Gasteiger partial charge is 0.333 e. The highest BCUT2D eigenvalue weighted by molar-refractivity contribution is 5.95. The lowest BCUT2D eigenvalue weighted by molar-refractivity contribution is -0.151. The maximum Gasteiger partial charge on any atom is 0.333 e. The van der Waals surface area contributed by atoms with Gasteiger partial charge in [0.25, 0.3) is 0 Å². The first kappa shape index (κ1) is 16.7. The monoisotopic (exact) mass is 302 g/mol. The van der Waals surface area contributed by atoms with Crippen molar-refractivity contribution in [3.63, 3.8) is 0 Å². The van der Waals surface area contributed by atoms with Crippen LogP contribution in [0.15, 0.2) is 36.0 Å². The minimum Gasteiger partial charge on any atom is -0.459 e. The van der Waals surface area contributed by atoms with Crippen molar-refractivity contribution in [2.24, 2.45) is 17.3 Å². The van der Waals surface area contributed by atoms with Gasteiger partial charge >= 0.3 is 5.97 Å². The van der Waals surface area contributed by atoms with E-state index in [-0.39, 0.29) is 35.1 Å². The van der Waals surface area contributed by atoms with Crippen molar-refractivity contribution in [1.29, 1.82) is 0 Å². The SMILES string of the molecule is C=C(C)C(=O)O[C@@H]1CCC2=CC(=O)[C@H](C(=C)C)C[C@]2(C)[C@H]1C. The molecule has 2 rings (SSSR count). The second-order valence-corrected chi connectivity index (χ2v) is 7.14. The van der Waals surface area contributed by atoms with Crippen LogP contribution in [0.25, 0.3) is 0 Å². The van der Waals surface area contributed by atoms with Crippen LogP contribution in [-0.2, 0) is 14.3 Å². The van der Waals surface area contributed by atoms with Crippen LogP contribution in [0, 0.1) is 17.3 Å². The average Bonchev–Trinajstić information content (AvgIpc) is 2.43. The molecular formula is C19H26O3. The average molecular weight is 302 g/mol. The minimum atomic E-state index is -0.323. The van der Waals surface area contributed by atoms with Crippen LogP contribution < -0.4 is 0 Å². The van der Waals surface area contributed by atoms with E-state index in [1.807, 2.05) is 13.0 Å². The van der Waals surface area contributed by atoms with Crippen LogP contribution in [-0.4, -0.2) is 17.9 Å². The fourth-order valence-electron chi connectivity index (χ4n) is 3.70. The Morgan fingerprint density at radius 3 is 2.55 bits per heavy atom. The van der Waals surface area contributed by atoms with Gasteiger partial charge < -0.3 is 4.74 Å². The summed E-state index contributed by atoms with van der Waals surface area (Å²) in [5.74, 6) is -0.0988. The summed E-state index contributed by atoms with van der Waals surface area (Å²) in [5.41, 5.74) is 2.42. The van der Waals surface area contributed by atoms with Crippen molar-refractivity contribution >= 4 is 11.8 Å². The quantitative estimate of drug-likeness (QED) is 0.449. The van der Waals surface area contributed by atoms with E-state index in [0.717, 1.165) is 24.8 Å². The standard InChI is InChI=1S/C19H26O3/c1-11(2)15-10-19(6)13(5)17(22-18(21)12(3)4)8-7-14(19)9-16(15)20/h9,13,15,17H,1,3,7-8,10H2,2,4-6H3/t13-,15-,17+,19+/m0/s1. The molecule has 2 aliphatic rings. The molecule has 3 nitrogen and oxygen atoms in total. The summed E-state index contributed by atoms with van der Waals surface area (Å²) in [7, 11) is 0. The van der Waals surface area contributed by atoms with E-state index in [4.69, 9.17) is 4.74 Å². The Morgan fingerprint density at radius 1 is 1.36 bits per heavy atom. The number of ether oxygens (including phenoxy) is 1. The maximum absolute atomic E-state index is 12.3. The lowest BCUT2D eigenvalue weighted by Gasteiger charge is -2.49. The summed E-state index contributed by atoms with van der Waals surface area (Å²) in [6, 6.07) is 0. The third-order valence-corrected chi connectivity index (χ3v) is 5.48. The molecule has 0 aromatic heterocycles. The Hall–Kier alpha value is -1.64. The molecule has 0 radical (unpaired) electrons. The molecule has 0 aromatic carbocycles. The van der Waals surface area contributed by atoms with Crippen molar-refractivity contribution in [2.45, 2.75) is 53.1 Å². The highest BCUT2D eigenvalue weighted by Gasteiger charge is 2.48. The molecule has 4 atom stereocenters. The van der Waals surface area contributed by atoms with Crippen LogP contribution in [0.5, 0.6) is 0 Å². The number of carbonyl (C=O) groups excluding carboxylic acids is 2. The summed E-state index contributed by atoms with van der Waals surface area (Å²) in [4.78, 5) is 24.1. The largest absolute Gasteiger partial charge is 0.459 e. The number of hydrogen-bond donors (Lipinski definition) is 0. The summed E-state index contributed by atoms with van der Waals surface area (Å²) in [6.45, 7) is 15.5.